The molecule has 0 aromatic heterocycles. The number of aryl methyl sites for hydroxylation is 2. The Hall–Kier alpha value is -1.89. The van der Waals surface area contributed by atoms with E-state index in [0.29, 0.717) is 24.5 Å². The first-order valence-corrected chi connectivity index (χ1v) is 9.19. The molecule has 5 nitrogen and oxygen atoms in total. The molecule has 0 amide bonds. The van der Waals surface area contributed by atoms with Crippen LogP contribution in [0.4, 0.5) is 0 Å². The van der Waals surface area contributed by atoms with E-state index in [0.717, 1.165) is 11.1 Å². The van der Waals surface area contributed by atoms with Crippen LogP contribution in [0, 0.1) is 13.8 Å². The second-order valence-electron chi connectivity index (χ2n) is 5.52. The maximum Gasteiger partial charge on any atom is 0.240 e. The zero-order valence-corrected chi connectivity index (χ0v) is 15.0. The zero-order chi connectivity index (χ0) is 17.6. The van der Waals surface area contributed by atoms with Gasteiger partial charge in [-0.25, -0.2) is 13.1 Å². The lowest BCUT2D eigenvalue weighted by molar-refractivity contribution is 0.126. The van der Waals surface area contributed by atoms with Gasteiger partial charge in [-0.1, -0.05) is 30.3 Å². The molecule has 6 heteroatoms. The number of sulfonamides is 1. The van der Waals surface area contributed by atoms with Gasteiger partial charge in [0.2, 0.25) is 10.0 Å². The topological polar surface area (TPSA) is 64.6 Å². The number of hydrogen-bond donors (Lipinski definition) is 1. The van der Waals surface area contributed by atoms with E-state index >= 15 is 0 Å². The summed E-state index contributed by atoms with van der Waals surface area (Å²) in [5, 5.41) is 0. The fraction of sp³-hybridized carbons (Fsp3) is 0.333. The summed E-state index contributed by atoms with van der Waals surface area (Å²) < 4.78 is 38.1. The number of rotatable bonds is 8. The second kappa shape index (κ2) is 8.28. The molecule has 1 N–H and O–H groups in total. The van der Waals surface area contributed by atoms with Crippen molar-refractivity contribution in [2.75, 3.05) is 20.3 Å². The Morgan fingerprint density at radius 1 is 1.04 bits per heavy atom. The van der Waals surface area contributed by atoms with Gasteiger partial charge in [0.25, 0.3) is 0 Å². The molecule has 2 rings (SSSR count). The van der Waals surface area contributed by atoms with Crippen LogP contribution in [0.5, 0.6) is 5.75 Å². The van der Waals surface area contributed by atoms with Crippen molar-refractivity contribution in [3.8, 4) is 5.75 Å². The number of benzene rings is 2. The van der Waals surface area contributed by atoms with Crippen LogP contribution in [-0.4, -0.2) is 28.7 Å². The SMILES string of the molecule is COc1cc(C)c(S(=O)(=O)NCCOCc2ccccc2)cc1C. The summed E-state index contributed by atoms with van der Waals surface area (Å²) in [7, 11) is -2.00. The van der Waals surface area contributed by atoms with Crippen LogP contribution in [0.25, 0.3) is 0 Å². The van der Waals surface area contributed by atoms with Crippen molar-refractivity contribution in [1.29, 1.82) is 0 Å². The van der Waals surface area contributed by atoms with E-state index in [1.165, 1.54) is 0 Å². The fourth-order valence-electron chi connectivity index (χ4n) is 2.36. The second-order valence-corrected chi connectivity index (χ2v) is 7.26. The minimum atomic E-state index is -3.57. The molecule has 0 unspecified atom stereocenters. The molecule has 0 aliphatic heterocycles. The van der Waals surface area contributed by atoms with Crippen LogP contribution >= 0.6 is 0 Å². The van der Waals surface area contributed by atoms with Gasteiger partial charge in [-0.05, 0) is 42.7 Å². The molecule has 0 aliphatic rings. The Labute approximate surface area is 143 Å². The summed E-state index contributed by atoms with van der Waals surface area (Å²) in [6, 6.07) is 13.1. The Morgan fingerprint density at radius 3 is 2.42 bits per heavy atom. The lowest BCUT2D eigenvalue weighted by Gasteiger charge is -2.13. The molecular formula is C18H23NO4S. The van der Waals surface area contributed by atoms with E-state index in [2.05, 4.69) is 4.72 Å². The van der Waals surface area contributed by atoms with Crippen molar-refractivity contribution in [3.63, 3.8) is 0 Å². The van der Waals surface area contributed by atoms with E-state index in [-0.39, 0.29) is 11.4 Å². The van der Waals surface area contributed by atoms with Crippen molar-refractivity contribution in [2.24, 2.45) is 0 Å². The van der Waals surface area contributed by atoms with Crippen molar-refractivity contribution < 1.29 is 17.9 Å². The van der Waals surface area contributed by atoms with Crippen LogP contribution < -0.4 is 9.46 Å². The highest BCUT2D eigenvalue weighted by molar-refractivity contribution is 7.89. The molecule has 130 valence electrons. The van der Waals surface area contributed by atoms with E-state index in [4.69, 9.17) is 9.47 Å². The Morgan fingerprint density at radius 2 is 1.75 bits per heavy atom. The van der Waals surface area contributed by atoms with E-state index < -0.39 is 10.0 Å². The smallest absolute Gasteiger partial charge is 0.240 e. The lowest BCUT2D eigenvalue weighted by Crippen LogP contribution is -2.28. The van der Waals surface area contributed by atoms with Gasteiger partial charge in [-0.2, -0.15) is 0 Å². The molecule has 0 saturated carbocycles. The van der Waals surface area contributed by atoms with Crippen molar-refractivity contribution >= 4 is 10.0 Å². The summed E-state index contributed by atoms with van der Waals surface area (Å²) in [5.74, 6) is 0.678. The molecule has 0 heterocycles. The maximum atomic E-state index is 12.4. The molecule has 0 fully saturated rings. The van der Waals surface area contributed by atoms with Crippen molar-refractivity contribution in [3.05, 3.63) is 59.2 Å². The van der Waals surface area contributed by atoms with Gasteiger partial charge in [0.15, 0.2) is 0 Å². The first-order valence-electron chi connectivity index (χ1n) is 7.70. The highest BCUT2D eigenvalue weighted by Crippen LogP contribution is 2.25. The number of methoxy groups -OCH3 is 1. The quantitative estimate of drug-likeness (QED) is 0.744. The first-order chi connectivity index (χ1) is 11.4. The molecule has 24 heavy (non-hydrogen) atoms. The largest absolute Gasteiger partial charge is 0.496 e. The first kappa shape index (κ1) is 18.4. The van der Waals surface area contributed by atoms with Crippen LogP contribution in [0.15, 0.2) is 47.4 Å². The molecule has 0 bridgehead atoms. The third kappa shape index (κ3) is 4.80. The van der Waals surface area contributed by atoms with Crippen LogP contribution in [0.2, 0.25) is 0 Å². The molecule has 0 saturated heterocycles. The molecule has 0 radical (unpaired) electrons. The summed E-state index contributed by atoms with van der Waals surface area (Å²) in [5.41, 5.74) is 2.49. The standard InChI is InChI=1S/C18H23NO4S/c1-14-12-18(15(2)11-17(14)22-3)24(20,21)19-9-10-23-13-16-7-5-4-6-8-16/h4-8,11-12,19H,9-10,13H2,1-3H3. The highest BCUT2D eigenvalue weighted by atomic mass is 32.2. The average molecular weight is 349 g/mol. The zero-order valence-electron chi connectivity index (χ0n) is 14.2. The van der Waals surface area contributed by atoms with Crippen LogP contribution in [0.3, 0.4) is 0 Å². The number of hydrogen-bond acceptors (Lipinski definition) is 4. The molecule has 0 aliphatic carbocycles. The predicted molar refractivity (Wildman–Crippen MR) is 93.8 cm³/mol. The maximum absolute atomic E-state index is 12.4. The number of nitrogens with one attached hydrogen (secondary N) is 1. The van der Waals surface area contributed by atoms with Gasteiger partial charge in [0.05, 0.1) is 25.2 Å². The van der Waals surface area contributed by atoms with Crippen molar-refractivity contribution in [1.82, 2.24) is 4.72 Å². The molecule has 2 aromatic rings. The van der Waals surface area contributed by atoms with Gasteiger partial charge in [0, 0.05) is 6.54 Å². The monoisotopic (exact) mass is 349 g/mol. The Kier molecular flexibility index (Phi) is 6.36. The Balaban J connectivity index is 1.91. The molecule has 2 aromatic carbocycles. The summed E-state index contributed by atoms with van der Waals surface area (Å²) in [6.45, 7) is 4.56. The van der Waals surface area contributed by atoms with Gasteiger partial charge >= 0.3 is 0 Å². The average Bonchev–Trinajstić information content (AvgIpc) is 2.57. The van der Waals surface area contributed by atoms with Crippen molar-refractivity contribution in [2.45, 2.75) is 25.3 Å². The third-order valence-corrected chi connectivity index (χ3v) is 5.24. The molecule has 0 atom stereocenters. The number of ether oxygens (including phenoxy) is 2. The summed E-state index contributed by atoms with van der Waals surface area (Å²) >= 11 is 0. The Bertz CT molecular complexity index is 773. The minimum absolute atomic E-state index is 0.222. The van der Waals surface area contributed by atoms with Gasteiger partial charge in [-0.3, -0.25) is 0 Å². The minimum Gasteiger partial charge on any atom is -0.496 e. The summed E-state index contributed by atoms with van der Waals surface area (Å²) in [6.07, 6.45) is 0. The summed E-state index contributed by atoms with van der Waals surface area (Å²) in [4.78, 5) is 0.267. The van der Waals surface area contributed by atoms with E-state index in [1.54, 1.807) is 26.2 Å². The highest BCUT2D eigenvalue weighted by Gasteiger charge is 2.18. The molecular weight excluding hydrogens is 326 g/mol. The normalized spacial score (nSPS) is 11.5. The van der Waals surface area contributed by atoms with Crippen LogP contribution in [0.1, 0.15) is 16.7 Å². The third-order valence-electron chi connectivity index (χ3n) is 3.63. The fourth-order valence-corrected chi connectivity index (χ4v) is 3.69. The van der Waals surface area contributed by atoms with Gasteiger partial charge in [-0.15, -0.1) is 0 Å². The van der Waals surface area contributed by atoms with E-state index in [9.17, 15) is 8.42 Å². The van der Waals surface area contributed by atoms with Gasteiger partial charge < -0.3 is 9.47 Å². The molecule has 0 spiro atoms. The van der Waals surface area contributed by atoms with Crippen LogP contribution in [-0.2, 0) is 21.4 Å². The van der Waals surface area contributed by atoms with E-state index in [1.807, 2.05) is 37.3 Å². The van der Waals surface area contributed by atoms with Gasteiger partial charge in [0.1, 0.15) is 5.75 Å². The predicted octanol–water partition coefficient (Wildman–Crippen LogP) is 2.81. The lowest BCUT2D eigenvalue weighted by atomic mass is 10.1.